The van der Waals surface area contributed by atoms with Crippen molar-refractivity contribution in [2.45, 2.75) is 50.2 Å². The second-order valence-electron chi connectivity index (χ2n) is 7.33. The Labute approximate surface area is 187 Å². The number of ether oxygens (including phenoxy) is 2. The number of nitrogens with one attached hydrogen (secondary N) is 1. The van der Waals surface area contributed by atoms with E-state index in [0.717, 1.165) is 5.69 Å². The number of carbonyl (C=O) groups is 1. The number of methoxy groups -OCH3 is 1. The van der Waals surface area contributed by atoms with Gasteiger partial charge in [0.2, 0.25) is 5.91 Å². The normalized spacial score (nSPS) is 13.0. The minimum Gasteiger partial charge on any atom is -0.493 e. The van der Waals surface area contributed by atoms with E-state index >= 15 is 0 Å². The van der Waals surface area contributed by atoms with Crippen LogP contribution in [0.2, 0.25) is 0 Å². The third-order valence-electron chi connectivity index (χ3n) is 4.64. The minimum atomic E-state index is -0.353. The van der Waals surface area contributed by atoms with Crippen LogP contribution < -0.4 is 14.8 Å². The van der Waals surface area contributed by atoms with Gasteiger partial charge in [0.1, 0.15) is 0 Å². The fourth-order valence-electron chi connectivity index (χ4n) is 3.07. The zero-order valence-corrected chi connectivity index (χ0v) is 19.2. The lowest BCUT2D eigenvalue weighted by molar-refractivity contribution is -0.115. The van der Waals surface area contributed by atoms with Crippen molar-refractivity contribution < 1.29 is 14.3 Å². The van der Waals surface area contributed by atoms with Gasteiger partial charge in [-0.05, 0) is 52.0 Å². The Hall–Kier alpha value is -3.00. The van der Waals surface area contributed by atoms with Crippen LogP contribution in [-0.4, -0.2) is 33.0 Å². The molecule has 1 N–H and O–H groups in total. The average Bonchev–Trinajstić information content (AvgIpc) is 3.18. The van der Waals surface area contributed by atoms with Gasteiger partial charge >= 0.3 is 0 Å². The summed E-state index contributed by atoms with van der Waals surface area (Å²) in [6.07, 6.45) is -0.353. The quantitative estimate of drug-likeness (QED) is 0.465. The topological polar surface area (TPSA) is 78.3 Å². The van der Waals surface area contributed by atoms with Crippen LogP contribution in [-0.2, 0) is 4.79 Å². The van der Waals surface area contributed by atoms with Crippen molar-refractivity contribution in [3.8, 4) is 11.5 Å². The summed E-state index contributed by atoms with van der Waals surface area (Å²) in [6, 6.07) is 17.0. The summed E-state index contributed by atoms with van der Waals surface area (Å²) < 4.78 is 13.5. The fourth-order valence-corrected chi connectivity index (χ4v) is 4.06. The summed E-state index contributed by atoms with van der Waals surface area (Å²) in [5, 5.41) is 12.0. The Bertz CT molecular complexity index is 1010. The molecule has 1 aromatic heterocycles. The highest BCUT2D eigenvalue weighted by molar-refractivity contribution is 8.00. The standard InChI is InChI=1S/C23H28N4O3S/c1-15(2)27-21(16(3)30-20-14-10-9-13-19(20)29-5)25-26-23(27)31-17(4)22(28)24-18-11-7-6-8-12-18/h6-17H,1-5H3,(H,24,28). The smallest absolute Gasteiger partial charge is 0.237 e. The molecule has 0 spiro atoms. The van der Waals surface area contributed by atoms with Crippen LogP contribution in [0.15, 0.2) is 59.8 Å². The SMILES string of the molecule is COc1ccccc1OC(C)c1nnc(SC(C)C(=O)Nc2ccccc2)n1C(C)C. The number of aromatic nitrogens is 3. The Morgan fingerprint density at radius 1 is 0.968 bits per heavy atom. The van der Waals surface area contributed by atoms with Gasteiger partial charge in [-0.3, -0.25) is 4.79 Å². The van der Waals surface area contributed by atoms with Crippen molar-refractivity contribution in [2.24, 2.45) is 0 Å². The van der Waals surface area contributed by atoms with E-state index < -0.39 is 0 Å². The first kappa shape index (κ1) is 22.7. The van der Waals surface area contributed by atoms with Gasteiger partial charge in [-0.2, -0.15) is 0 Å². The van der Waals surface area contributed by atoms with E-state index in [9.17, 15) is 4.79 Å². The van der Waals surface area contributed by atoms with Crippen LogP contribution in [0.5, 0.6) is 11.5 Å². The maximum Gasteiger partial charge on any atom is 0.237 e. The molecule has 0 bridgehead atoms. The van der Waals surface area contributed by atoms with Crippen molar-refractivity contribution in [3.63, 3.8) is 0 Å². The number of thioether (sulfide) groups is 1. The zero-order chi connectivity index (χ0) is 22.4. The van der Waals surface area contributed by atoms with Gasteiger partial charge < -0.3 is 19.4 Å². The molecule has 2 unspecified atom stereocenters. The zero-order valence-electron chi connectivity index (χ0n) is 18.4. The van der Waals surface area contributed by atoms with E-state index in [1.54, 1.807) is 7.11 Å². The van der Waals surface area contributed by atoms with Gasteiger partial charge in [0, 0.05) is 11.7 Å². The number of rotatable bonds is 9. The van der Waals surface area contributed by atoms with Crippen molar-refractivity contribution in [1.29, 1.82) is 0 Å². The first-order chi connectivity index (χ1) is 14.9. The van der Waals surface area contributed by atoms with Crippen LogP contribution in [0.25, 0.3) is 0 Å². The van der Waals surface area contributed by atoms with E-state index in [4.69, 9.17) is 9.47 Å². The largest absolute Gasteiger partial charge is 0.493 e. The lowest BCUT2D eigenvalue weighted by Gasteiger charge is -2.20. The molecule has 8 heteroatoms. The second-order valence-corrected chi connectivity index (χ2v) is 8.64. The molecule has 3 rings (SSSR count). The first-order valence-electron chi connectivity index (χ1n) is 10.2. The molecule has 0 fully saturated rings. The Morgan fingerprint density at radius 3 is 2.26 bits per heavy atom. The molecule has 7 nitrogen and oxygen atoms in total. The molecule has 2 aromatic carbocycles. The third-order valence-corrected chi connectivity index (χ3v) is 5.69. The maximum atomic E-state index is 12.6. The minimum absolute atomic E-state index is 0.0885. The summed E-state index contributed by atoms with van der Waals surface area (Å²) in [4.78, 5) is 12.6. The summed E-state index contributed by atoms with van der Waals surface area (Å²) in [5.74, 6) is 1.90. The summed E-state index contributed by atoms with van der Waals surface area (Å²) in [6.45, 7) is 7.90. The molecule has 2 atom stereocenters. The van der Waals surface area contributed by atoms with Crippen LogP contribution in [0.4, 0.5) is 5.69 Å². The molecular weight excluding hydrogens is 412 g/mol. The van der Waals surface area contributed by atoms with E-state index in [1.165, 1.54) is 11.8 Å². The molecule has 31 heavy (non-hydrogen) atoms. The number of para-hydroxylation sites is 3. The molecule has 164 valence electrons. The highest BCUT2D eigenvalue weighted by Gasteiger charge is 2.25. The molecule has 0 aliphatic rings. The number of carbonyl (C=O) groups excluding carboxylic acids is 1. The monoisotopic (exact) mass is 440 g/mol. The van der Waals surface area contributed by atoms with Crippen molar-refractivity contribution in [3.05, 3.63) is 60.4 Å². The summed E-state index contributed by atoms with van der Waals surface area (Å²) >= 11 is 1.38. The number of hydrogen-bond donors (Lipinski definition) is 1. The highest BCUT2D eigenvalue weighted by atomic mass is 32.2. The number of anilines is 1. The third kappa shape index (κ3) is 5.58. The Balaban J connectivity index is 1.76. The van der Waals surface area contributed by atoms with Crippen LogP contribution in [0.3, 0.4) is 0 Å². The number of amides is 1. The van der Waals surface area contributed by atoms with Gasteiger partial charge in [0.15, 0.2) is 28.6 Å². The van der Waals surface area contributed by atoms with Gasteiger partial charge in [0.25, 0.3) is 0 Å². The van der Waals surface area contributed by atoms with Crippen molar-refractivity contribution in [1.82, 2.24) is 14.8 Å². The van der Waals surface area contributed by atoms with Crippen LogP contribution >= 0.6 is 11.8 Å². The lowest BCUT2D eigenvalue weighted by Crippen LogP contribution is -2.23. The van der Waals surface area contributed by atoms with E-state index in [0.29, 0.717) is 22.5 Å². The summed E-state index contributed by atoms with van der Waals surface area (Å²) in [7, 11) is 1.61. The number of benzene rings is 2. The first-order valence-corrected chi connectivity index (χ1v) is 11.1. The van der Waals surface area contributed by atoms with Crippen LogP contribution in [0.1, 0.15) is 45.7 Å². The van der Waals surface area contributed by atoms with E-state index in [-0.39, 0.29) is 23.3 Å². The number of hydrogen-bond acceptors (Lipinski definition) is 6. The molecule has 0 radical (unpaired) electrons. The Kier molecular flexibility index (Phi) is 7.57. The molecular formula is C23H28N4O3S. The van der Waals surface area contributed by atoms with E-state index in [1.807, 2.05) is 73.0 Å². The van der Waals surface area contributed by atoms with Gasteiger partial charge in [0.05, 0.1) is 12.4 Å². The molecule has 0 saturated carbocycles. The maximum absolute atomic E-state index is 12.6. The van der Waals surface area contributed by atoms with Crippen LogP contribution in [0, 0.1) is 0 Å². The van der Waals surface area contributed by atoms with Gasteiger partial charge in [-0.1, -0.05) is 42.1 Å². The summed E-state index contributed by atoms with van der Waals surface area (Å²) in [5.41, 5.74) is 0.768. The van der Waals surface area contributed by atoms with E-state index in [2.05, 4.69) is 29.4 Å². The molecule has 1 heterocycles. The molecule has 0 aliphatic carbocycles. The molecule has 3 aromatic rings. The predicted molar refractivity (Wildman–Crippen MR) is 123 cm³/mol. The lowest BCUT2D eigenvalue weighted by atomic mass is 10.3. The predicted octanol–water partition coefficient (Wildman–Crippen LogP) is 5.13. The van der Waals surface area contributed by atoms with Crippen molar-refractivity contribution in [2.75, 3.05) is 12.4 Å². The van der Waals surface area contributed by atoms with Gasteiger partial charge in [-0.25, -0.2) is 0 Å². The highest BCUT2D eigenvalue weighted by Crippen LogP contribution is 2.33. The van der Waals surface area contributed by atoms with Crippen molar-refractivity contribution >= 4 is 23.4 Å². The molecule has 1 amide bonds. The second kappa shape index (κ2) is 10.3. The average molecular weight is 441 g/mol. The Morgan fingerprint density at radius 2 is 1.61 bits per heavy atom. The molecule has 0 saturated heterocycles. The van der Waals surface area contributed by atoms with Gasteiger partial charge in [-0.15, -0.1) is 10.2 Å². The molecule has 0 aliphatic heterocycles. The number of nitrogens with zero attached hydrogens (tertiary/aromatic N) is 3. The fraction of sp³-hybridized carbons (Fsp3) is 0.348.